The average molecular weight is 359 g/mol. The van der Waals surface area contributed by atoms with Gasteiger partial charge >= 0.3 is 0 Å². The largest absolute Gasteiger partial charge is 0.371 e. The molecule has 0 unspecified atom stereocenters. The van der Waals surface area contributed by atoms with Crippen LogP contribution in [0.15, 0.2) is 18.2 Å². The molecule has 0 saturated carbocycles. The number of amides is 1. The molecule has 0 atom stereocenters. The van der Waals surface area contributed by atoms with Gasteiger partial charge in [-0.25, -0.2) is 0 Å². The number of hydrogen-bond acceptors (Lipinski definition) is 4. The SMILES string of the molecule is CCN1CCN(CCCNC(=O)c2cc(C)ccc2N2CCCC2)CC1. The Balaban J connectivity index is 1.47. The molecule has 2 fully saturated rings. The maximum Gasteiger partial charge on any atom is 0.253 e. The van der Waals surface area contributed by atoms with Crippen LogP contribution in [-0.4, -0.2) is 74.6 Å². The Morgan fingerprint density at radius 3 is 2.42 bits per heavy atom. The third kappa shape index (κ3) is 4.98. The molecule has 0 spiro atoms. The number of carbonyl (C=O) groups is 1. The maximum atomic E-state index is 12.7. The number of likely N-dealkylation sites (N-methyl/N-ethyl adjacent to an activating group) is 1. The van der Waals surface area contributed by atoms with E-state index < -0.39 is 0 Å². The summed E-state index contributed by atoms with van der Waals surface area (Å²) < 4.78 is 0. The predicted molar refractivity (Wildman–Crippen MR) is 108 cm³/mol. The molecule has 2 heterocycles. The van der Waals surface area contributed by atoms with Gasteiger partial charge in [0.25, 0.3) is 5.91 Å². The molecule has 2 saturated heterocycles. The molecule has 1 N–H and O–H groups in total. The van der Waals surface area contributed by atoms with Crippen LogP contribution in [0.4, 0.5) is 5.69 Å². The first-order valence-electron chi connectivity index (χ1n) is 10.3. The van der Waals surface area contributed by atoms with Crippen LogP contribution in [0.5, 0.6) is 0 Å². The molecule has 0 aliphatic carbocycles. The number of piperazine rings is 1. The first-order valence-corrected chi connectivity index (χ1v) is 10.3. The van der Waals surface area contributed by atoms with Crippen molar-refractivity contribution in [2.45, 2.75) is 33.1 Å². The van der Waals surface area contributed by atoms with Crippen molar-refractivity contribution in [1.82, 2.24) is 15.1 Å². The molecule has 1 amide bonds. The zero-order valence-corrected chi connectivity index (χ0v) is 16.5. The molecule has 0 aromatic heterocycles. The minimum atomic E-state index is 0.0754. The summed E-state index contributed by atoms with van der Waals surface area (Å²) in [6.45, 7) is 14.0. The lowest BCUT2D eigenvalue weighted by Gasteiger charge is -2.34. The second kappa shape index (κ2) is 9.38. The van der Waals surface area contributed by atoms with Gasteiger partial charge < -0.3 is 20.0 Å². The lowest BCUT2D eigenvalue weighted by atomic mass is 10.1. The lowest BCUT2D eigenvalue weighted by Crippen LogP contribution is -2.46. The van der Waals surface area contributed by atoms with Crippen LogP contribution in [0.25, 0.3) is 0 Å². The monoisotopic (exact) mass is 358 g/mol. The Labute approximate surface area is 158 Å². The van der Waals surface area contributed by atoms with Crippen LogP contribution >= 0.6 is 0 Å². The van der Waals surface area contributed by atoms with Gasteiger partial charge in [-0.05, 0) is 51.4 Å². The van der Waals surface area contributed by atoms with Crippen molar-refractivity contribution in [2.75, 3.05) is 63.8 Å². The zero-order chi connectivity index (χ0) is 18.4. The lowest BCUT2D eigenvalue weighted by molar-refractivity contribution is 0.0948. The van der Waals surface area contributed by atoms with Crippen molar-refractivity contribution < 1.29 is 4.79 Å². The van der Waals surface area contributed by atoms with E-state index in [1.165, 1.54) is 25.9 Å². The van der Waals surface area contributed by atoms with Gasteiger partial charge in [-0.2, -0.15) is 0 Å². The van der Waals surface area contributed by atoms with Crippen LogP contribution in [0.1, 0.15) is 42.1 Å². The molecular formula is C21H34N4O. The van der Waals surface area contributed by atoms with Crippen molar-refractivity contribution in [3.8, 4) is 0 Å². The fourth-order valence-corrected chi connectivity index (χ4v) is 3.99. The number of nitrogens with zero attached hydrogens (tertiary/aromatic N) is 3. The molecule has 26 heavy (non-hydrogen) atoms. The highest BCUT2D eigenvalue weighted by molar-refractivity contribution is 6.00. The minimum absolute atomic E-state index is 0.0754. The van der Waals surface area contributed by atoms with Gasteiger partial charge in [0.1, 0.15) is 0 Å². The van der Waals surface area contributed by atoms with Crippen molar-refractivity contribution in [2.24, 2.45) is 0 Å². The number of anilines is 1. The Morgan fingerprint density at radius 1 is 1.04 bits per heavy atom. The number of aryl methyl sites for hydroxylation is 1. The third-order valence-corrected chi connectivity index (χ3v) is 5.69. The summed E-state index contributed by atoms with van der Waals surface area (Å²) in [5.41, 5.74) is 3.08. The van der Waals surface area contributed by atoms with E-state index >= 15 is 0 Å². The van der Waals surface area contributed by atoms with E-state index in [-0.39, 0.29) is 5.91 Å². The highest BCUT2D eigenvalue weighted by atomic mass is 16.1. The summed E-state index contributed by atoms with van der Waals surface area (Å²) in [5, 5.41) is 3.15. The van der Waals surface area contributed by atoms with Gasteiger partial charge in [0.15, 0.2) is 0 Å². The quantitative estimate of drug-likeness (QED) is 0.760. The number of carbonyl (C=O) groups excluding carboxylic acids is 1. The maximum absolute atomic E-state index is 12.7. The van der Waals surface area contributed by atoms with E-state index in [4.69, 9.17) is 0 Å². The van der Waals surface area contributed by atoms with Crippen molar-refractivity contribution in [1.29, 1.82) is 0 Å². The van der Waals surface area contributed by atoms with E-state index in [0.29, 0.717) is 0 Å². The topological polar surface area (TPSA) is 38.8 Å². The fraction of sp³-hybridized carbons (Fsp3) is 0.667. The summed E-state index contributed by atoms with van der Waals surface area (Å²) in [7, 11) is 0. The van der Waals surface area contributed by atoms with Gasteiger partial charge in [-0.15, -0.1) is 0 Å². The molecule has 144 valence electrons. The molecule has 1 aromatic carbocycles. The Bertz CT molecular complexity index is 590. The minimum Gasteiger partial charge on any atom is -0.371 e. The normalized spacial score (nSPS) is 19.1. The molecule has 5 nitrogen and oxygen atoms in total. The Kier molecular flexibility index (Phi) is 6.92. The van der Waals surface area contributed by atoms with Gasteiger partial charge in [0.2, 0.25) is 0 Å². The van der Waals surface area contributed by atoms with E-state index in [2.05, 4.69) is 46.0 Å². The Morgan fingerprint density at radius 2 is 1.73 bits per heavy atom. The van der Waals surface area contributed by atoms with Gasteiger partial charge in [0.05, 0.1) is 5.56 Å². The van der Waals surface area contributed by atoms with Gasteiger partial charge in [-0.3, -0.25) is 4.79 Å². The zero-order valence-electron chi connectivity index (χ0n) is 16.5. The summed E-state index contributed by atoms with van der Waals surface area (Å²) >= 11 is 0. The Hall–Kier alpha value is -1.59. The van der Waals surface area contributed by atoms with Crippen molar-refractivity contribution in [3.63, 3.8) is 0 Å². The molecule has 0 bridgehead atoms. The number of nitrogens with one attached hydrogen (secondary N) is 1. The van der Waals surface area contributed by atoms with E-state index in [1.54, 1.807) is 0 Å². The van der Waals surface area contributed by atoms with Crippen LogP contribution < -0.4 is 10.2 Å². The smallest absolute Gasteiger partial charge is 0.253 e. The predicted octanol–water partition coefficient (Wildman–Crippen LogP) is 2.35. The molecule has 2 aliphatic rings. The number of hydrogen-bond donors (Lipinski definition) is 1. The van der Waals surface area contributed by atoms with E-state index in [9.17, 15) is 4.79 Å². The summed E-state index contributed by atoms with van der Waals surface area (Å²) in [4.78, 5) is 20.1. The standard InChI is InChI=1S/C21H34N4O/c1-3-23-13-15-24(16-14-23)10-6-9-22-21(26)19-17-18(2)7-8-20(19)25-11-4-5-12-25/h7-8,17H,3-6,9-16H2,1-2H3,(H,22,26). The van der Waals surface area contributed by atoms with Gasteiger partial charge in [0, 0.05) is 51.5 Å². The van der Waals surface area contributed by atoms with Crippen LogP contribution in [-0.2, 0) is 0 Å². The summed E-state index contributed by atoms with van der Waals surface area (Å²) in [5.74, 6) is 0.0754. The second-order valence-corrected chi connectivity index (χ2v) is 7.60. The molecule has 3 rings (SSSR count). The van der Waals surface area contributed by atoms with Crippen LogP contribution in [0, 0.1) is 6.92 Å². The summed E-state index contributed by atoms with van der Waals surface area (Å²) in [6.07, 6.45) is 3.46. The first-order chi connectivity index (χ1) is 12.7. The van der Waals surface area contributed by atoms with Crippen LogP contribution in [0.3, 0.4) is 0 Å². The van der Waals surface area contributed by atoms with E-state index in [0.717, 1.165) is 69.0 Å². The summed E-state index contributed by atoms with van der Waals surface area (Å²) in [6, 6.07) is 6.26. The number of rotatable bonds is 7. The highest BCUT2D eigenvalue weighted by Crippen LogP contribution is 2.25. The first kappa shape index (κ1) is 19.2. The average Bonchev–Trinajstić information content (AvgIpc) is 3.20. The van der Waals surface area contributed by atoms with Crippen LogP contribution in [0.2, 0.25) is 0 Å². The fourth-order valence-electron chi connectivity index (χ4n) is 3.99. The third-order valence-electron chi connectivity index (χ3n) is 5.69. The van der Waals surface area contributed by atoms with Gasteiger partial charge in [-0.1, -0.05) is 18.6 Å². The highest BCUT2D eigenvalue weighted by Gasteiger charge is 2.20. The van der Waals surface area contributed by atoms with Crippen molar-refractivity contribution >= 4 is 11.6 Å². The van der Waals surface area contributed by atoms with E-state index in [1.807, 2.05) is 6.07 Å². The molecule has 5 heteroatoms. The molecule has 1 aromatic rings. The van der Waals surface area contributed by atoms with Crippen molar-refractivity contribution in [3.05, 3.63) is 29.3 Å². The molecular weight excluding hydrogens is 324 g/mol. The molecule has 2 aliphatic heterocycles. The number of benzene rings is 1. The molecule has 0 radical (unpaired) electrons. The second-order valence-electron chi connectivity index (χ2n) is 7.60.